The molecule has 0 aromatic heterocycles. The zero-order valence-electron chi connectivity index (χ0n) is 11.6. The Hall–Kier alpha value is -0.460. The summed E-state index contributed by atoms with van der Waals surface area (Å²) < 4.78 is 1.16. The Morgan fingerprint density at radius 1 is 1.32 bits per heavy atom. The summed E-state index contributed by atoms with van der Waals surface area (Å²) in [6, 6.07) is 8.37. The first-order chi connectivity index (χ1) is 9.06. The van der Waals surface area contributed by atoms with Gasteiger partial charge in [-0.05, 0) is 74.8 Å². The van der Waals surface area contributed by atoms with Crippen LogP contribution in [0.5, 0.6) is 0 Å². The summed E-state index contributed by atoms with van der Waals surface area (Å²) in [6.07, 6.45) is 2.32. The van der Waals surface area contributed by atoms with Gasteiger partial charge < -0.3 is 4.90 Å². The van der Waals surface area contributed by atoms with E-state index in [1.807, 2.05) is 24.3 Å². The second kappa shape index (κ2) is 6.81. The number of piperidine rings is 1. The van der Waals surface area contributed by atoms with Crippen molar-refractivity contribution >= 4 is 28.4 Å². The quantitative estimate of drug-likeness (QED) is 0.600. The third-order valence-electron chi connectivity index (χ3n) is 3.87. The minimum absolute atomic E-state index is 0.220. The summed E-state index contributed by atoms with van der Waals surface area (Å²) in [5.74, 6) is 0.220. The molecule has 0 amide bonds. The maximum absolute atomic E-state index is 12.2. The Balaban J connectivity index is 1.89. The van der Waals surface area contributed by atoms with Crippen LogP contribution in [0.1, 0.15) is 23.2 Å². The van der Waals surface area contributed by atoms with Crippen molar-refractivity contribution in [3.05, 3.63) is 33.4 Å². The Labute approximate surface area is 129 Å². The highest BCUT2D eigenvalue weighted by molar-refractivity contribution is 14.1. The average molecular weight is 372 g/mol. The molecule has 1 aromatic rings. The van der Waals surface area contributed by atoms with Gasteiger partial charge in [-0.25, -0.2) is 0 Å². The zero-order valence-corrected chi connectivity index (χ0v) is 13.8. The molecule has 1 aliphatic heterocycles. The number of carbonyl (C=O) groups is 1. The molecule has 0 aliphatic carbocycles. The van der Waals surface area contributed by atoms with Crippen molar-refractivity contribution < 1.29 is 4.79 Å². The Morgan fingerprint density at radius 3 is 2.47 bits per heavy atom. The van der Waals surface area contributed by atoms with Crippen molar-refractivity contribution in [2.45, 2.75) is 18.9 Å². The molecular weight excluding hydrogens is 351 g/mol. The van der Waals surface area contributed by atoms with Crippen LogP contribution < -0.4 is 0 Å². The second-order valence-electron chi connectivity index (χ2n) is 5.38. The van der Waals surface area contributed by atoms with Crippen LogP contribution in [0.3, 0.4) is 0 Å². The highest BCUT2D eigenvalue weighted by Crippen LogP contribution is 2.15. The smallest absolute Gasteiger partial charge is 0.176 e. The molecule has 19 heavy (non-hydrogen) atoms. The van der Waals surface area contributed by atoms with E-state index in [0.717, 1.165) is 35.1 Å². The van der Waals surface area contributed by atoms with E-state index in [1.165, 1.54) is 0 Å². The lowest BCUT2D eigenvalue weighted by Crippen LogP contribution is -2.43. The van der Waals surface area contributed by atoms with Gasteiger partial charge in [-0.1, -0.05) is 12.1 Å². The van der Waals surface area contributed by atoms with Crippen molar-refractivity contribution in [3.63, 3.8) is 0 Å². The summed E-state index contributed by atoms with van der Waals surface area (Å²) in [6.45, 7) is 2.79. The molecule has 0 radical (unpaired) electrons. The number of benzene rings is 1. The van der Waals surface area contributed by atoms with Crippen LogP contribution in [0.2, 0.25) is 0 Å². The van der Waals surface area contributed by atoms with E-state index < -0.39 is 0 Å². The van der Waals surface area contributed by atoms with E-state index in [9.17, 15) is 4.79 Å². The van der Waals surface area contributed by atoms with E-state index in [0.29, 0.717) is 12.6 Å². The Morgan fingerprint density at radius 2 is 1.89 bits per heavy atom. The Bertz CT molecular complexity index is 424. The molecule has 2 rings (SSSR count). The van der Waals surface area contributed by atoms with Crippen LogP contribution in [-0.4, -0.2) is 55.4 Å². The minimum Gasteiger partial charge on any atom is -0.306 e. The van der Waals surface area contributed by atoms with E-state index in [4.69, 9.17) is 0 Å². The first kappa shape index (κ1) is 14.9. The van der Waals surface area contributed by atoms with E-state index in [-0.39, 0.29) is 5.78 Å². The summed E-state index contributed by atoms with van der Waals surface area (Å²) in [7, 11) is 4.23. The first-order valence-corrected chi connectivity index (χ1v) is 7.81. The molecule has 1 heterocycles. The topological polar surface area (TPSA) is 23.6 Å². The summed E-state index contributed by atoms with van der Waals surface area (Å²) in [4.78, 5) is 16.8. The lowest BCUT2D eigenvalue weighted by Gasteiger charge is -2.34. The zero-order chi connectivity index (χ0) is 13.8. The number of hydrogen-bond donors (Lipinski definition) is 0. The highest BCUT2D eigenvalue weighted by atomic mass is 127. The molecule has 1 fully saturated rings. The molecule has 0 saturated carbocycles. The fourth-order valence-electron chi connectivity index (χ4n) is 2.52. The fourth-order valence-corrected chi connectivity index (χ4v) is 2.88. The third-order valence-corrected chi connectivity index (χ3v) is 4.59. The first-order valence-electron chi connectivity index (χ1n) is 6.74. The number of rotatable bonds is 4. The van der Waals surface area contributed by atoms with Crippen LogP contribution in [0.15, 0.2) is 24.3 Å². The number of nitrogens with zero attached hydrogens (tertiary/aromatic N) is 2. The molecule has 104 valence electrons. The number of ketones is 1. The van der Waals surface area contributed by atoms with E-state index in [1.54, 1.807) is 0 Å². The molecule has 0 N–H and O–H groups in total. The van der Waals surface area contributed by atoms with Crippen LogP contribution in [0.4, 0.5) is 0 Å². The molecule has 1 aliphatic rings. The highest BCUT2D eigenvalue weighted by Gasteiger charge is 2.22. The number of Topliss-reactive ketones (excluding diaryl/α,β-unsaturated/α-hetero) is 1. The number of hydrogen-bond acceptors (Lipinski definition) is 3. The molecular formula is C15H21IN2O. The van der Waals surface area contributed by atoms with Crippen LogP contribution in [0, 0.1) is 3.57 Å². The number of halogens is 1. The van der Waals surface area contributed by atoms with Gasteiger partial charge in [0.1, 0.15) is 0 Å². The van der Waals surface area contributed by atoms with Gasteiger partial charge in [-0.15, -0.1) is 0 Å². The van der Waals surface area contributed by atoms with E-state index in [2.05, 4.69) is 46.5 Å². The predicted octanol–water partition coefficient (Wildman–Crippen LogP) is 2.50. The number of carbonyl (C=O) groups excluding carboxylic acids is 1. The Kier molecular flexibility index (Phi) is 5.36. The molecule has 0 atom stereocenters. The predicted molar refractivity (Wildman–Crippen MR) is 86.6 cm³/mol. The maximum Gasteiger partial charge on any atom is 0.176 e. The molecule has 0 spiro atoms. The minimum atomic E-state index is 0.220. The molecule has 1 saturated heterocycles. The van der Waals surface area contributed by atoms with Crippen molar-refractivity contribution in [1.82, 2.24) is 9.80 Å². The molecule has 4 heteroatoms. The molecule has 0 unspecified atom stereocenters. The third kappa shape index (κ3) is 4.26. The van der Waals surface area contributed by atoms with Crippen molar-refractivity contribution in [3.8, 4) is 0 Å². The molecule has 3 nitrogen and oxygen atoms in total. The van der Waals surface area contributed by atoms with Crippen molar-refractivity contribution in [2.75, 3.05) is 33.7 Å². The van der Waals surface area contributed by atoms with Gasteiger partial charge in [0.2, 0.25) is 0 Å². The maximum atomic E-state index is 12.2. The van der Waals surface area contributed by atoms with Crippen molar-refractivity contribution in [2.24, 2.45) is 0 Å². The normalized spacial score (nSPS) is 17.9. The monoisotopic (exact) mass is 372 g/mol. The van der Waals surface area contributed by atoms with Gasteiger partial charge in [0, 0.05) is 15.2 Å². The van der Waals surface area contributed by atoms with Crippen LogP contribution in [-0.2, 0) is 0 Å². The van der Waals surface area contributed by atoms with Gasteiger partial charge in [0.15, 0.2) is 5.78 Å². The second-order valence-corrected chi connectivity index (χ2v) is 6.63. The molecule has 0 bridgehead atoms. The largest absolute Gasteiger partial charge is 0.306 e. The standard InChI is InChI=1S/C15H21IN2O/c1-17-9-7-14(8-10-17)18(2)11-15(19)12-3-5-13(16)6-4-12/h3-6,14H,7-11H2,1-2H3. The van der Waals surface area contributed by atoms with Gasteiger partial charge in [0.25, 0.3) is 0 Å². The number of likely N-dealkylation sites (N-methyl/N-ethyl adjacent to an activating group) is 1. The lowest BCUT2D eigenvalue weighted by molar-refractivity contribution is 0.0871. The summed E-state index contributed by atoms with van der Waals surface area (Å²) in [5, 5.41) is 0. The summed E-state index contributed by atoms with van der Waals surface area (Å²) in [5.41, 5.74) is 0.820. The van der Waals surface area contributed by atoms with Gasteiger partial charge >= 0.3 is 0 Å². The fraction of sp³-hybridized carbons (Fsp3) is 0.533. The SMILES string of the molecule is CN1CCC(N(C)CC(=O)c2ccc(I)cc2)CC1. The van der Waals surface area contributed by atoms with Crippen LogP contribution >= 0.6 is 22.6 Å². The molecule has 1 aromatic carbocycles. The van der Waals surface area contributed by atoms with Gasteiger partial charge in [-0.3, -0.25) is 9.69 Å². The van der Waals surface area contributed by atoms with Crippen LogP contribution in [0.25, 0.3) is 0 Å². The number of likely N-dealkylation sites (tertiary alicyclic amines) is 1. The van der Waals surface area contributed by atoms with Gasteiger partial charge in [-0.2, -0.15) is 0 Å². The van der Waals surface area contributed by atoms with E-state index >= 15 is 0 Å². The summed E-state index contributed by atoms with van der Waals surface area (Å²) >= 11 is 2.26. The van der Waals surface area contributed by atoms with Gasteiger partial charge in [0.05, 0.1) is 6.54 Å². The average Bonchev–Trinajstić information content (AvgIpc) is 2.40. The lowest BCUT2D eigenvalue weighted by atomic mass is 10.0. The van der Waals surface area contributed by atoms with Crippen molar-refractivity contribution in [1.29, 1.82) is 0 Å².